The fourth-order valence-corrected chi connectivity index (χ4v) is 8.54. The van der Waals surface area contributed by atoms with E-state index in [2.05, 4.69) is 66.5 Å². The van der Waals surface area contributed by atoms with Crippen LogP contribution in [-0.2, 0) is 11.1 Å². The van der Waals surface area contributed by atoms with Crippen LogP contribution in [0.2, 0.25) is 0 Å². The molecule has 0 spiro atoms. The molecule has 0 atom stereocenters. The van der Waals surface area contributed by atoms with Gasteiger partial charge >= 0.3 is 0 Å². The number of isothiocyanates is 2. The number of benzene rings is 2. The summed E-state index contributed by atoms with van der Waals surface area (Å²) >= 11 is 9.52. The summed E-state index contributed by atoms with van der Waals surface area (Å²) < 4.78 is 0. The van der Waals surface area contributed by atoms with Crippen molar-refractivity contribution in [3.05, 3.63) is 59.7 Å². The van der Waals surface area contributed by atoms with Gasteiger partial charge in [0.2, 0.25) is 0 Å². The van der Waals surface area contributed by atoms with Gasteiger partial charge in [-0.3, -0.25) is 9.80 Å². The lowest BCUT2D eigenvalue weighted by molar-refractivity contribution is 0.0303. The predicted molar refractivity (Wildman–Crippen MR) is 183 cm³/mol. The number of nitrogens with zero attached hydrogens (tertiary/aromatic N) is 4. The molecule has 0 radical (unpaired) electrons. The molecule has 0 N–H and O–H groups in total. The highest BCUT2D eigenvalue weighted by atomic mass is 32.1. The van der Waals surface area contributed by atoms with Crippen molar-refractivity contribution in [1.29, 1.82) is 0 Å². The van der Waals surface area contributed by atoms with E-state index in [0.29, 0.717) is 0 Å². The molecule has 0 bridgehead atoms. The Kier molecular flexibility index (Phi) is 11.7. The average Bonchev–Trinajstić information content (AvgIpc) is 3.07. The first-order valence-corrected chi connectivity index (χ1v) is 17.4. The number of hydrogen-bond acceptors (Lipinski definition) is 6. The minimum absolute atomic E-state index is 0.242. The van der Waals surface area contributed by atoms with E-state index in [1.807, 2.05) is 12.1 Å². The van der Waals surface area contributed by atoms with E-state index in [1.165, 1.54) is 140 Å². The Labute approximate surface area is 264 Å². The maximum absolute atomic E-state index is 4.76. The largest absolute Gasteiger partial charge is 0.294 e. The van der Waals surface area contributed by atoms with E-state index in [4.69, 9.17) is 24.4 Å². The smallest absolute Gasteiger partial charge is 0.0743 e. The molecule has 6 rings (SSSR count). The Balaban J connectivity index is 0.000000168. The van der Waals surface area contributed by atoms with Crippen LogP contribution in [0.4, 0.5) is 11.4 Å². The SMILES string of the molecule is S=C=Nc1cccc(C2(N3CCCCC3)CCCCC2)c1.S=C=Nc1cccc(C2(N3CCCCC3)CCCCC2)c1. The van der Waals surface area contributed by atoms with E-state index < -0.39 is 0 Å². The van der Waals surface area contributed by atoms with Crippen molar-refractivity contribution in [2.24, 2.45) is 9.98 Å². The van der Waals surface area contributed by atoms with Crippen molar-refractivity contribution in [1.82, 2.24) is 9.80 Å². The summed E-state index contributed by atoms with van der Waals surface area (Å²) in [4.78, 5) is 13.9. The summed E-state index contributed by atoms with van der Waals surface area (Å²) in [6.45, 7) is 5.00. The molecule has 4 nitrogen and oxygen atoms in total. The molecule has 6 heteroatoms. The topological polar surface area (TPSA) is 31.2 Å². The van der Waals surface area contributed by atoms with Gasteiger partial charge in [-0.15, -0.1) is 0 Å². The van der Waals surface area contributed by atoms with Crippen molar-refractivity contribution < 1.29 is 0 Å². The number of rotatable bonds is 6. The first kappa shape index (κ1) is 31.4. The summed E-state index contributed by atoms with van der Waals surface area (Å²) in [7, 11) is 0. The third-order valence-corrected chi connectivity index (χ3v) is 10.6. The number of piperidine rings is 2. The summed E-state index contributed by atoms with van der Waals surface area (Å²) in [5.41, 5.74) is 5.26. The maximum Gasteiger partial charge on any atom is 0.0743 e. The van der Waals surface area contributed by atoms with Gasteiger partial charge in [-0.2, -0.15) is 9.98 Å². The standard InChI is InChI=1S/2C18H24N2S/c2*21-15-19-17-9-7-8-16(14-17)18(10-3-1-4-11-18)20-12-5-2-6-13-20/h2*7-9,14H,1-6,10-13H2. The highest BCUT2D eigenvalue weighted by molar-refractivity contribution is 7.78. The molecule has 0 aromatic heterocycles. The Bertz CT molecular complexity index is 1140. The molecule has 2 saturated heterocycles. The van der Waals surface area contributed by atoms with Crippen molar-refractivity contribution in [3.63, 3.8) is 0 Å². The molecular weight excluding hydrogens is 553 g/mol. The lowest BCUT2D eigenvalue weighted by Crippen LogP contribution is -2.49. The van der Waals surface area contributed by atoms with Crippen molar-refractivity contribution in [2.45, 2.75) is 114 Å². The summed E-state index contributed by atoms with van der Waals surface area (Å²) in [6.07, 6.45) is 21.5. The quantitative estimate of drug-likeness (QED) is 0.244. The zero-order chi connectivity index (χ0) is 29.1. The van der Waals surface area contributed by atoms with Gasteiger partial charge in [-0.25, -0.2) is 0 Å². The van der Waals surface area contributed by atoms with Crippen molar-refractivity contribution >= 4 is 46.1 Å². The Morgan fingerprint density at radius 3 is 1.21 bits per heavy atom. The van der Waals surface area contributed by atoms with Gasteiger partial charge in [-0.05, 0) is 137 Å². The van der Waals surface area contributed by atoms with Gasteiger partial charge in [-0.1, -0.05) is 75.6 Å². The van der Waals surface area contributed by atoms with Gasteiger partial charge in [0.1, 0.15) is 0 Å². The second-order valence-electron chi connectivity index (χ2n) is 12.8. The molecule has 42 heavy (non-hydrogen) atoms. The Hall–Kier alpha value is -2.04. The third kappa shape index (κ3) is 7.36. The van der Waals surface area contributed by atoms with Crippen LogP contribution < -0.4 is 0 Å². The van der Waals surface area contributed by atoms with Crippen LogP contribution in [0.5, 0.6) is 0 Å². The summed E-state index contributed by atoms with van der Waals surface area (Å²) in [5.74, 6) is 0. The fraction of sp³-hybridized carbons (Fsp3) is 0.611. The normalized spacial score (nSPS) is 22.5. The second kappa shape index (κ2) is 15.6. The first-order valence-electron chi connectivity index (χ1n) is 16.6. The van der Waals surface area contributed by atoms with Crippen LogP contribution in [0.25, 0.3) is 0 Å². The lowest BCUT2D eigenvalue weighted by Gasteiger charge is -2.48. The van der Waals surface area contributed by atoms with Crippen LogP contribution in [-0.4, -0.2) is 46.3 Å². The van der Waals surface area contributed by atoms with E-state index >= 15 is 0 Å². The van der Waals surface area contributed by atoms with E-state index in [9.17, 15) is 0 Å². The highest BCUT2D eigenvalue weighted by Gasteiger charge is 2.41. The Morgan fingerprint density at radius 1 is 0.500 bits per heavy atom. The van der Waals surface area contributed by atoms with Gasteiger partial charge in [0.15, 0.2) is 0 Å². The number of likely N-dealkylation sites (tertiary alicyclic amines) is 2. The zero-order valence-corrected chi connectivity index (χ0v) is 27.0. The molecule has 4 aliphatic rings. The number of thiocarbonyl (C=S) groups is 2. The van der Waals surface area contributed by atoms with Crippen LogP contribution in [0.1, 0.15) is 114 Å². The molecule has 2 aliphatic heterocycles. The van der Waals surface area contributed by atoms with Crippen molar-refractivity contribution in [2.75, 3.05) is 26.2 Å². The molecule has 2 saturated carbocycles. The van der Waals surface area contributed by atoms with Gasteiger partial charge in [0.25, 0.3) is 0 Å². The summed E-state index contributed by atoms with van der Waals surface area (Å²) in [5, 5.41) is 5.00. The molecule has 2 aromatic rings. The molecule has 2 heterocycles. The van der Waals surface area contributed by atoms with E-state index in [1.54, 1.807) is 0 Å². The highest BCUT2D eigenvalue weighted by Crippen LogP contribution is 2.45. The molecule has 4 fully saturated rings. The maximum atomic E-state index is 4.76. The fourth-order valence-electron chi connectivity index (χ4n) is 8.33. The molecular formula is C36H48N4S2. The Morgan fingerprint density at radius 2 is 0.857 bits per heavy atom. The van der Waals surface area contributed by atoms with Crippen LogP contribution in [0.15, 0.2) is 58.5 Å². The monoisotopic (exact) mass is 600 g/mol. The first-order chi connectivity index (χ1) is 20.7. The molecule has 224 valence electrons. The van der Waals surface area contributed by atoms with E-state index in [0.717, 1.165) is 11.4 Å². The minimum Gasteiger partial charge on any atom is -0.294 e. The van der Waals surface area contributed by atoms with Gasteiger partial charge in [0.05, 0.1) is 21.7 Å². The van der Waals surface area contributed by atoms with Crippen molar-refractivity contribution in [3.8, 4) is 0 Å². The van der Waals surface area contributed by atoms with Gasteiger partial charge < -0.3 is 0 Å². The number of hydrogen-bond donors (Lipinski definition) is 0. The van der Waals surface area contributed by atoms with Crippen LogP contribution in [0, 0.1) is 0 Å². The molecule has 0 amide bonds. The third-order valence-electron chi connectivity index (χ3n) is 10.4. The van der Waals surface area contributed by atoms with Crippen LogP contribution >= 0.6 is 24.4 Å². The molecule has 2 aliphatic carbocycles. The van der Waals surface area contributed by atoms with E-state index in [-0.39, 0.29) is 11.1 Å². The molecule has 2 aromatic carbocycles. The lowest BCUT2D eigenvalue weighted by atomic mass is 9.74. The summed E-state index contributed by atoms with van der Waals surface area (Å²) in [6, 6.07) is 17.4. The average molecular weight is 601 g/mol. The second-order valence-corrected chi connectivity index (χ2v) is 13.2. The van der Waals surface area contributed by atoms with Gasteiger partial charge in [0, 0.05) is 11.1 Å². The van der Waals surface area contributed by atoms with Crippen LogP contribution in [0.3, 0.4) is 0 Å². The zero-order valence-electron chi connectivity index (χ0n) is 25.4. The minimum atomic E-state index is 0.242. The number of aliphatic imine (C=N–C) groups is 2. The predicted octanol–water partition coefficient (Wildman–Crippen LogP) is 10.1. The molecule has 0 unspecified atom stereocenters.